The molecule has 26 heavy (non-hydrogen) atoms. The average Bonchev–Trinajstić information content (AvgIpc) is 2.71. The van der Waals surface area contributed by atoms with Crippen molar-refractivity contribution in [1.82, 2.24) is 0 Å². The third-order valence-electron chi connectivity index (χ3n) is 4.70. The molecule has 0 spiro atoms. The van der Waals surface area contributed by atoms with E-state index in [9.17, 15) is 0 Å². The van der Waals surface area contributed by atoms with Crippen LogP contribution in [0.2, 0.25) is 0 Å². The maximum atomic E-state index is 9.07. The molecule has 2 nitrogen and oxygen atoms in total. The molecule has 0 aliphatic rings. The topological polar surface area (TPSA) is 47.6 Å². The average molecular weight is 332 g/mol. The minimum absolute atomic E-state index is 0.306. The number of hydrogen-bond donors (Lipinski definition) is 1. The van der Waals surface area contributed by atoms with Crippen molar-refractivity contribution in [2.45, 2.75) is 0 Å². The lowest BCUT2D eigenvalue weighted by Crippen LogP contribution is -1.96. The van der Waals surface area contributed by atoms with Gasteiger partial charge in [-0.2, -0.15) is 5.26 Å². The van der Waals surface area contributed by atoms with Crippen molar-refractivity contribution >= 4 is 38.0 Å². The van der Waals surface area contributed by atoms with E-state index in [4.69, 9.17) is 10.7 Å². The predicted octanol–water partition coefficient (Wildman–Crippen LogP) is 6.15. The van der Waals surface area contributed by atoms with Crippen LogP contribution in [0.25, 0.3) is 32.3 Å². The van der Waals surface area contributed by atoms with E-state index in [0.29, 0.717) is 11.3 Å². The van der Waals surface area contributed by atoms with Crippen LogP contribution in [0.5, 0.6) is 0 Å². The maximum absolute atomic E-state index is 9.07. The molecule has 4 rings (SSSR count). The largest absolute Gasteiger partial charge is 0.300 e. The molecule has 0 heterocycles. The van der Waals surface area contributed by atoms with E-state index in [0.717, 1.165) is 10.9 Å². The first kappa shape index (κ1) is 15.8. The molecule has 0 saturated heterocycles. The Morgan fingerprint density at radius 3 is 1.81 bits per heavy atom. The lowest BCUT2D eigenvalue weighted by Gasteiger charge is -2.11. The van der Waals surface area contributed by atoms with Gasteiger partial charge in [0.15, 0.2) is 0 Å². The highest BCUT2D eigenvalue weighted by atomic mass is 14.4. The molecular formula is C24H16N2. The van der Waals surface area contributed by atoms with Gasteiger partial charge in [0, 0.05) is 5.56 Å². The molecule has 0 atom stereocenters. The van der Waals surface area contributed by atoms with Crippen LogP contribution in [0.15, 0.2) is 91.0 Å². The van der Waals surface area contributed by atoms with Gasteiger partial charge < -0.3 is 5.41 Å². The normalized spacial score (nSPS) is 11.6. The van der Waals surface area contributed by atoms with Crippen molar-refractivity contribution in [3.05, 3.63) is 96.6 Å². The van der Waals surface area contributed by atoms with E-state index >= 15 is 0 Å². The summed E-state index contributed by atoms with van der Waals surface area (Å²) in [5.74, 6) is 0. The number of rotatable bonds is 3. The third kappa shape index (κ3) is 2.47. The van der Waals surface area contributed by atoms with Crippen LogP contribution in [-0.2, 0) is 0 Å². The lowest BCUT2D eigenvalue weighted by atomic mass is 9.92. The SMILES string of the molecule is C=C/C(C#N)=C\C(=N)c1ccc2c3ccccc3c3ccccc3c2c1. The van der Waals surface area contributed by atoms with Crippen LogP contribution in [0.4, 0.5) is 0 Å². The van der Waals surface area contributed by atoms with Gasteiger partial charge >= 0.3 is 0 Å². The maximum Gasteiger partial charge on any atom is 0.0992 e. The molecule has 0 aromatic heterocycles. The Bertz CT molecular complexity index is 1230. The van der Waals surface area contributed by atoms with Crippen LogP contribution in [0, 0.1) is 16.7 Å². The van der Waals surface area contributed by atoms with Gasteiger partial charge in [0.2, 0.25) is 0 Å². The Kier molecular flexibility index (Phi) is 3.84. The molecule has 1 N–H and O–H groups in total. The second-order valence-electron chi connectivity index (χ2n) is 6.18. The molecule has 0 fully saturated rings. The summed E-state index contributed by atoms with van der Waals surface area (Å²) in [5, 5.41) is 24.5. The first-order chi connectivity index (χ1) is 12.7. The molecule has 0 saturated carbocycles. The van der Waals surface area contributed by atoms with Gasteiger partial charge in [0.25, 0.3) is 0 Å². The Balaban J connectivity index is 2.05. The first-order valence-corrected chi connectivity index (χ1v) is 8.39. The van der Waals surface area contributed by atoms with E-state index in [1.54, 1.807) is 6.08 Å². The summed E-state index contributed by atoms with van der Waals surface area (Å²) < 4.78 is 0. The molecule has 4 aromatic carbocycles. The van der Waals surface area contributed by atoms with Gasteiger partial charge in [0.05, 0.1) is 17.4 Å². The highest BCUT2D eigenvalue weighted by Crippen LogP contribution is 2.35. The minimum atomic E-state index is 0.306. The van der Waals surface area contributed by atoms with E-state index < -0.39 is 0 Å². The number of hydrogen-bond acceptors (Lipinski definition) is 2. The Hall–Kier alpha value is -3.70. The number of nitriles is 1. The van der Waals surface area contributed by atoms with E-state index in [1.165, 1.54) is 33.0 Å². The number of fused-ring (bicyclic) bond motifs is 6. The van der Waals surface area contributed by atoms with Crippen molar-refractivity contribution < 1.29 is 0 Å². The molecule has 2 heteroatoms. The van der Waals surface area contributed by atoms with Gasteiger partial charge in [-0.3, -0.25) is 0 Å². The van der Waals surface area contributed by atoms with Crippen LogP contribution < -0.4 is 0 Å². The zero-order valence-corrected chi connectivity index (χ0v) is 14.2. The smallest absolute Gasteiger partial charge is 0.0992 e. The number of benzene rings is 4. The molecule has 0 unspecified atom stereocenters. The highest BCUT2D eigenvalue weighted by Gasteiger charge is 2.09. The summed E-state index contributed by atoms with van der Waals surface area (Å²) in [6, 6.07) is 24.9. The van der Waals surface area contributed by atoms with Gasteiger partial charge in [-0.1, -0.05) is 73.3 Å². The fourth-order valence-corrected chi connectivity index (χ4v) is 3.45. The minimum Gasteiger partial charge on any atom is -0.300 e. The van der Waals surface area contributed by atoms with E-state index in [2.05, 4.69) is 55.1 Å². The zero-order chi connectivity index (χ0) is 18.1. The Morgan fingerprint density at radius 1 is 0.808 bits per heavy atom. The molecular weight excluding hydrogens is 316 g/mol. The summed E-state index contributed by atoms with van der Waals surface area (Å²) in [7, 11) is 0. The third-order valence-corrected chi connectivity index (χ3v) is 4.70. The van der Waals surface area contributed by atoms with Crippen LogP contribution >= 0.6 is 0 Å². The van der Waals surface area contributed by atoms with Crippen molar-refractivity contribution in [1.29, 1.82) is 10.7 Å². The molecule has 0 bridgehead atoms. The predicted molar refractivity (Wildman–Crippen MR) is 110 cm³/mol. The van der Waals surface area contributed by atoms with Gasteiger partial charge in [-0.05, 0) is 44.5 Å². The van der Waals surface area contributed by atoms with Crippen molar-refractivity contribution in [3.63, 3.8) is 0 Å². The fourth-order valence-electron chi connectivity index (χ4n) is 3.45. The number of nitrogens with zero attached hydrogens (tertiary/aromatic N) is 1. The zero-order valence-electron chi connectivity index (χ0n) is 14.2. The van der Waals surface area contributed by atoms with Gasteiger partial charge in [-0.15, -0.1) is 0 Å². The van der Waals surface area contributed by atoms with Crippen LogP contribution in [-0.4, -0.2) is 5.71 Å². The van der Waals surface area contributed by atoms with Crippen LogP contribution in [0.1, 0.15) is 5.56 Å². The van der Waals surface area contributed by atoms with Gasteiger partial charge in [-0.25, -0.2) is 0 Å². The van der Waals surface area contributed by atoms with Crippen molar-refractivity contribution in [3.8, 4) is 6.07 Å². The first-order valence-electron chi connectivity index (χ1n) is 8.39. The quantitative estimate of drug-likeness (QED) is 0.208. The monoisotopic (exact) mass is 332 g/mol. The second kappa shape index (κ2) is 6.31. The lowest BCUT2D eigenvalue weighted by molar-refractivity contribution is 1.47. The van der Waals surface area contributed by atoms with Gasteiger partial charge in [0.1, 0.15) is 0 Å². The molecule has 122 valence electrons. The summed E-state index contributed by atoms with van der Waals surface area (Å²) >= 11 is 0. The summed E-state index contributed by atoms with van der Waals surface area (Å²) in [5.41, 5.74) is 1.48. The molecule has 0 amide bonds. The summed E-state index contributed by atoms with van der Waals surface area (Å²) in [6.07, 6.45) is 3.02. The highest BCUT2D eigenvalue weighted by molar-refractivity contribution is 6.26. The fraction of sp³-hybridized carbons (Fsp3) is 0. The molecule has 4 aromatic rings. The van der Waals surface area contributed by atoms with Crippen molar-refractivity contribution in [2.75, 3.05) is 0 Å². The number of nitrogens with one attached hydrogen (secondary N) is 1. The Labute approximate surface area is 151 Å². The standard InChI is InChI=1S/C24H16N2/c1-2-16(15-25)13-24(26)17-11-12-22-20-9-4-3-7-18(20)19-8-5-6-10-21(19)23(22)14-17/h2-14,26H,1H2/b16-13+,26-24?. The van der Waals surface area contributed by atoms with E-state index in [1.807, 2.05) is 24.3 Å². The Morgan fingerprint density at radius 2 is 1.31 bits per heavy atom. The summed E-state index contributed by atoms with van der Waals surface area (Å²) in [6.45, 7) is 3.62. The molecule has 0 aliphatic carbocycles. The van der Waals surface area contributed by atoms with Crippen molar-refractivity contribution in [2.24, 2.45) is 0 Å². The second-order valence-corrected chi connectivity index (χ2v) is 6.18. The van der Waals surface area contributed by atoms with E-state index in [-0.39, 0.29) is 0 Å². The van der Waals surface area contributed by atoms with Crippen LogP contribution in [0.3, 0.4) is 0 Å². The molecule has 0 radical (unpaired) electrons. The molecule has 0 aliphatic heterocycles. The summed E-state index contributed by atoms with van der Waals surface area (Å²) in [4.78, 5) is 0. The number of allylic oxidation sites excluding steroid dienone is 3.